The minimum atomic E-state index is -1.26. The van der Waals surface area contributed by atoms with Gasteiger partial charge in [0.1, 0.15) is 0 Å². The van der Waals surface area contributed by atoms with Crippen LogP contribution in [0.2, 0.25) is 0 Å². The largest absolute Gasteiger partial charge is 0.545 e. The van der Waals surface area contributed by atoms with E-state index in [0.717, 1.165) is 4.88 Å². The molecule has 1 fully saturated rings. The normalized spacial score (nSPS) is 16.5. The molecule has 1 aromatic heterocycles. The van der Waals surface area contributed by atoms with E-state index in [0.29, 0.717) is 14.9 Å². The number of hydrogen-bond acceptors (Lipinski definition) is 6. The van der Waals surface area contributed by atoms with E-state index in [-0.39, 0.29) is 11.5 Å². The molecule has 0 bridgehead atoms. The Kier molecular flexibility index (Phi) is 4.10. The summed E-state index contributed by atoms with van der Waals surface area (Å²) in [5, 5.41) is 12.7. The van der Waals surface area contributed by atoms with E-state index in [4.69, 9.17) is 12.2 Å². The number of carboxylic acid groups (broad SMARTS) is 1. The van der Waals surface area contributed by atoms with Crippen molar-refractivity contribution < 1.29 is 14.7 Å². The van der Waals surface area contributed by atoms with Crippen LogP contribution in [0.5, 0.6) is 0 Å². The Labute approximate surface area is 140 Å². The van der Waals surface area contributed by atoms with Gasteiger partial charge in [-0.15, -0.1) is 11.3 Å². The van der Waals surface area contributed by atoms with Gasteiger partial charge in [0.2, 0.25) is 0 Å². The van der Waals surface area contributed by atoms with Crippen molar-refractivity contribution in [3.63, 3.8) is 0 Å². The monoisotopic (exact) mass is 346 g/mol. The van der Waals surface area contributed by atoms with Crippen LogP contribution in [0.15, 0.2) is 46.7 Å². The van der Waals surface area contributed by atoms with Crippen molar-refractivity contribution >= 4 is 63.3 Å². The molecule has 1 aromatic carbocycles. The third kappa shape index (κ3) is 2.83. The Morgan fingerprint density at radius 3 is 2.55 bits per heavy atom. The van der Waals surface area contributed by atoms with E-state index >= 15 is 0 Å². The molecule has 0 radical (unpaired) electrons. The van der Waals surface area contributed by atoms with Crippen molar-refractivity contribution in [1.29, 1.82) is 0 Å². The fourth-order valence-corrected chi connectivity index (χ4v) is 3.96. The van der Waals surface area contributed by atoms with Crippen molar-refractivity contribution in [3.05, 3.63) is 57.1 Å². The highest BCUT2D eigenvalue weighted by Crippen LogP contribution is 2.36. The number of anilines is 1. The summed E-state index contributed by atoms with van der Waals surface area (Å²) in [6, 6.07) is 9.72. The number of nitrogens with zero attached hydrogens (tertiary/aromatic N) is 1. The molecule has 0 N–H and O–H groups in total. The lowest BCUT2D eigenvalue weighted by Gasteiger charge is -2.15. The number of thiophene rings is 1. The molecule has 0 spiro atoms. The summed E-state index contributed by atoms with van der Waals surface area (Å²) in [4.78, 5) is 26.2. The third-order valence-electron chi connectivity index (χ3n) is 2.97. The maximum Gasteiger partial charge on any atom is 0.270 e. The second-order valence-electron chi connectivity index (χ2n) is 4.37. The molecule has 0 aliphatic carbocycles. The highest BCUT2D eigenvalue weighted by atomic mass is 32.2. The molecule has 1 aliphatic rings. The van der Waals surface area contributed by atoms with E-state index in [1.165, 1.54) is 40.1 Å². The van der Waals surface area contributed by atoms with Gasteiger partial charge in [0.25, 0.3) is 5.91 Å². The molecule has 1 saturated heterocycles. The quantitative estimate of drug-likeness (QED) is 0.631. The summed E-state index contributed by atoms with van der Waals surface area (Å²) in [5.41, 5.74) is 0.602. The molecule has 4 nitrogen and oxygen atoms in total. The summed E-state index contributed by atoms with van der Waals surface area (Å²) < 4.78 is 0.425. The van der Waals surface area contributed by atoms with Gasteiger partial charge in [0, 0.05) is 4.88 Å². The van der Waals surface area contributed by atoms with Crippen LogP contribution in [-0.2, 0) is 4.79 Å². The summed E-state index contributed by atoms with van der Waals surface area (Å²) in [6.07, 6.45) is 1.81. The van der Waals surface area contributed by atoms with Gasteiger partial charge in [-0.1, -0.05) is 42.2 Å². The van der Waals surface area contributed by atoms with Crippen molar-refractivity contribution in [1.82, 2.24) is 0 Å². The fraction of sp³-hybridized carbons (Fsp3) is 0. The van der Waals surface area contributed by atoms with Crippen LogP contribution in [0, 0.1) is 0 Å². The predicted octanol–water partition coefficient (Wildman–Crippen LogP) is 2.52. The molecule has 7 heteroatoms. The van der Waals surface area contributed by atoms with Gasteiger partial charge in [-0.3, -0.25) is 9.69 Å². The van der Waals surface area contributed by atoms with Gasteiger partial charge < -0.3 is 9.90 Å². The number of carbonyl (C=O) groups is 2. The lowest BCUT2D eigenvalue weighted by molar-refractivity contribution is -0.255. The van der Waals surface area contributed by atoms with Gasteiger partial charge >= 0.3 is 0 Å². The lowest BCUT2D eigenvalue weighted by Crippen LogP contribution is -2.28. The van der Waals surface area contributed by atoms with E-state index < -0.39 is 5.97 Å². The number of carboxylic acids is 1. The minimum Gasteiger partial charge on any atom is -0.545 e. The molecule has 0 saturated carbocycles. The third-order valence-corrected chi connectivity index (χ3v) is 5.09. The van der Waals surface area contributed by atoms with Crippen molar-refractivity contribution in [3.8, 4) is 0 Å². The lowest BCUT2D eigenvalue weighted by atomic mass is 10.2. The average molecular weight is 346 g/mol. The Morgan fingerprint density at radius 1 is 1.23 bits per heavy atom. The summed E-state index contributed by atoms with van der Waals surface area (Å²) >= 11 is 8.03. The zero-order valence-electron chi connectivity index (χ0n) is 11.0. The van der Waals surface area contributed by atoms with Crippen molar-refractivity contribution in [2.45, 2.75) is 0 Å². The van der Waals surface area contributed by atoms with E-state index in [1.807, 2.05) is 17.5 Å². The van der Waals surface area contributed by atoms with Crippen LogP contribution in [0.1, 0.15) is 15.2 Å². The zero-order chi connectivity index (χ0) is 15.7. The van der Waals surface area contributed by atoms with Gasteiger partial charge in [-0.2, -0.15) is 0 Å². The van der Waals surface area contributed by atoms with Crippen LogP contribution in [0.4, 0.5) is 5.69 Å². The van der Waals surface area contributed by atoms with Crippen molar-refractivity contribution in [2.24, 2.45) is 0 Å². The number of aromatic carboxylic acids is 1. The van der Waals surface area contributed by atoms with Crippen LogP contribution in [0.25, 0.3) is 6.08 Å². The number of hydrogen-bond donors (Lipinski definition) is 0. The molecule has 1 amide bonds. The molecule has 110 valence electrons. The van der Waals surface area contributed by atoms with Gasteiger partial charge in [0.05, 0.1) is 16.6 Å². The van der Waals surface area contributed by atoms with Gasteiger partial charge in [0.15, 0.2) is 4.32 Å². The zero-order valence-corrected chi connectivity index (χ0v) is 13.5. The predicted molar refractivity (Wildman–Crippen MR) is 90.7 cm³/mol. The molecule has 1 aliphatic heterocycles. The minimum absolute atomic E-state index is 0.0586. The first kappa shape index (κ1) is 15.0. The Balaban J connectivity index is 1.90. The second-order valence-corrected chi connectivity index (χ2v) is 7.02. The van der Waals surface area contributed by atoms with Gasteiger partial charge in [-0.05, 0) is 35.2 Å². The number of rotatable bonds is 3. The summed E-state index contributed by atoms with van der Waals surface area (Å²) in [6.45, 7) is 0. The molecule has 2 aromatic rings. The fourth-order valence-electron chi connectivity index (χ4n) is 1.94. The number of benzene rings is 1. The maximum absolute atomic E-state index is 12.5. The first-order chi connectivity index (χ1) is 10.6. The second kappa shape index (κ2) is 6.04. The van der Waals surface area contributed by atoms with Crippen LogP contribution in [-0.4, -0.2) is 16.2 Å². The topological polar surface area (TPSA) is 60.4 Å². The first-order valence-electron chi connectivity index (χ1n) is 6.19. The molecule has 3 rings (SSSR count). The van der Waals surface area contributed by atoms with Crippen molar-refractivity contribution in [2.75, 3.05) is 4.90 Å². The number of amides is 1. The van der Waals surface area contributed by atoms with Crippen LogP contribution >= 0.6 is 35.3 Å². The van der Waals surface area contributed by atoms with E-state index in [2.05, 4.69) is 0 Å². The smallest absolute Gasteiger partial charge is 0.270 e. The highest BCUT2D eigenvalue weighted by Gasteiger charge is 2.33. The molecule has 2 heterocycles. The summed E-state index contributed by atoms with van der Waals surface area (Å²) in [5.74, 6) is -1.46. The van der Waals surface area contributed by atoms with Gasteiger partial charge in [-0.25, -0.2) is 0 Å². The van der Waals surface area contributed by atoms with E-state index in [9.17, 15) is 14.7 Å². The molecule has 22 heavy (non-hydrogen) atoms. The molecular formula is C15H8NO3S3-. The van der Waals surface area contributed by atoms with E-state index in [1.54, 1.807) is 18.2 Å². The van der Waals surface area contributed by atoms with Crippen LogP contribution in [0.3, 0.4) is 0 Å². The maximum atomic E-state index is 12.5. The summed E-state index contributed by atoms with van der Waals surface area (Å²) in [7, 11) is 0. The Morgan fingerprint density at radius 2 is 1.95 bits per heavy atom. The number of thiocarbonyl (C=S) groups is 1. The average Bonchev–Trinajstić information content (AvgIpc) is 3.09. The highest BCUT2D eigenvalue weighted by molar-refractivity contribution is 8.27. The first-order valence-corrected chi connectivity index (χ1v) is 8.29. The number of carbonyl (C=O) groups excluding carboxylic acids is 2. The molecule has 0 atom stereocenters. The Bertz CT molecular complexity index is 779. The SMILES string of the molecule is O=C([O-])c1ccc(N2C(=O)/C(=C/c3cccs3)SC2=S)cc1. The number of thioether (sulfide) groups is 1. The standard InChI is InChI=1S/C15H9NO3S3/c17-13-12(8-11-2-1-7-21-11)22-15(20)16(13)10-5-3-9(4-6-10)14(18)19/h1-8H,(H,18,19)/p-1/b12-8-. The Hall–Kier alpha value is -1.96. The molecular weight excluding hydrogens is 338 g/mol. The molecule has 0 unspecified atom stereocenters. The van der Waals surface area contributed by atoms with Crippen LogP contribution < -0.4 is 10.0 Å².